The molecule has 1 unspecified atom stereocenters. The number of nitrogens with one attached hydrogen (secondary N) is 2. The van der Waals surface area contributed by atoms with Gasteiger partial charge in [-0.1, -0.05) is 18.6 Å². The average Bonchev–Trinajstić information content (AvgIpc) is 3.26. The molecular weight excluding hydrogens is 441 g/mol. The van der Waals surface area contributed by atoms with Crippen molar-refractivity contribution in [2.75, 3.05) is 25.0 Å². The highest BCUT2D eigenvalue weighted by Crippen LogP contribution is 2.18. The lowest BCUT2D eigenvalue weighted by Crippen LogP contribution is -2.39. The van der Waals surface area contributed by atoms with Gasteiger partial charge in [0.15, 0.2) is 0 Å². The number of hydrogen-bond acceptors (Lipinski definition) is 5. The molecule has 7 nitrogen and oxygen atoms in total. The molecule has 1 aromatic heterocycles. The Labute approximate surface area is 199 Å². The van der Waals surface area contributed by atoms with E-state index in [4.69, 9.17) is 0 Å². The van der Waals surface area contributed by atoms with Gasteiger partial charge in [0.2, 0.25) is 0 Å². The lowest BCUT2D eigenvalue weighted by atomic mass is 10.0. The number of anilines is 1. The number of aromatic nitrogens is 1. The molecule has 1 saturated heterocycles. The van der Waals surface area contributed by atoms with Crippen LogP contribution in [0.5, 0.6) is 0 Å². The highest BCUT2D eigenvalue weighted by atomic mass is 32.1. The van der Waals surface area contributed by atoms with E-state index in [2.05, 4.69) is 27.4 Å². The largest absolute Gasteiger partial charge is 0.351 e. The van der Waals surface area contributed by atoms with Gasteiger partial charge in [0, 0.05) is 30.6 Å². The first kappa shape index (κ1) is 25.1. The number of benzene rings is 1. The fourth-order valence-electron chi connectivity index (χ4n) is 3.94. The van der Waals surface area contributed by atoms with E-state index in [-0.39, 0.29) is 24.2 Å². The van der Waals surface area contributed by atoms with Crippen LogP contribution in [0.4, 0.5) is 14.9 Å². The molecular formula is C24H34FN5O2S. The van der Waals surface area contributed by atoms with Gasteiger partial charge in [-0.05, 0) is 58.7 Å². The number of nitrogens with zero attached hydrogens (tertiary/aromatic N) is 3. The van der Waals surface area contributed by atoms with Crippen molar-refractivity contribution in [3.8, 4) is 0 Å². The van der Waals surface area contributed by atoms with Crippen molar-refractivity contribution < 1.29 is 14.0 Å². The van der Waals surface area contributed by atoms with Crippen molar-refractivity contribution in [2.24, 2.45) is 0 Å². The Hall–Kier alpha value is -2.52. The number of piperidine rings is 1. The molecule has 0 bridgehead atoms. The van der Waals surface area contributed by atoms with Gasteiger partial charge < -0.3 is 20.4 Å². The van der Waals surface area contributed by atoms with E-state index in [1.807, 2.05) is 13.8 Å². The first-order valence-corrected chi connectivity index (χ1v) is 12.5. The number of likely N-dealkylation sites (tertiary alicyclic amines) is 1. The smallest absolute Gasteiger partial charge is 0.322 e. The minimum absolute atomic E-state index is 0.130. The van der Waals surface area contributed by atoms with Gasteiger partial charge in [-0.3, -0.25) is 4.79 Å². The SMILES string of the molecule is CC1CCCCN1CCCNC(=O)c1csc(CN(C(=O)Nc2ccccc2F)C(C)C)n1. The summed E-state index contributed by atoms with van der Waals surface area (Å²) in [5, 5.41) is 7.93. The monoisotopic (exact) mass is 475 g/mol. The number of para-hydroxylation sites is 1. The molecule has 0 radical (unpaired) electrons. The van der Waals surface area contributed by atoms with Crippen molar-refractivity contribution >= 4 is 29.0 Å². The highest BCUT2D eigenvalue weighted by molar-refractivity contribution is 7.09. The van der Waals surface area contributed by atoms with Crippen LogP contribution in [-0.2, 0) is 6.54 Å². The van der Waals surface area contributed by atoms with E-state index in [1.54, 1.807) is 22.4 Å². The summed E-state index contributed by atoms with van der Waals surface area (Å²) in [7, 11) is 0. The normalized spacial score (nSPS) is 16.6. The van der Waals surface area contributed by atoms with E-state index in [9.17, 15) is 14.0 Å². The van der Waals surface area contributed by atoms with E-state index < -0.39 is 11.8 Å². The fourth-order valence-corrected chi connectivity index (χ4v) is 4.71. The molecule has 1 aliphatic rings. The maximum Gasteiger partial charge on any atom is 0.322 e. The summed E-state index contributed by atoms with van der Waals surface area (Å²) in [6, 6.07) is 6.13. The van der Waals surface area contributed by atoms with Crippen LogP contribution in [0.3, 0.4) is 0 Å². The van der Waals surface area contributed by atoms with Crippen LogP contribution in [0.1, 0.15) is 62.0 Å². The Balaban J connectivity index is 1.49. The van der Waals surface area contributed by atoms with Crippen molar-refractivity contribution in [3.63, 3.8) is 0 Å². The van der Waals surface area contributed by atoms with Crippen LogP contribution >= 0.6 is 11.3 Å². The second-order valence-corrected chi connectivity index (χ2v) is 9.69. The molecule has 2 aromatic rings. The highest BCUT2D eigenvalue weighted by Gasteiger charge is 2.21. The lowest BCUT2D eigenvalue weighted by Gasteiger charge is -2.33. The van der Waals surface area contributed by atoms with Gasteiger partial charge in [0.05, 0.1) is 12.2 Å². The zero-order chi connectivity index (χ0) is 23.8. The third kappa shape index (κ3) is 7.23. The van der Waals surface area contributed by atoms with Crippen LogP contribution in [0.2, 0.25) is 0 Å². The summed E-state index contributed by atoms with van der Waals surface area (Å²) in [5.41, 5.74) is 0.492. The van der Waals surface area contributed by atoms with Crippen LogP contribution in [0.25, 0.3) is 0 Å². The van der Waals surface area contributed by atoms with Crippen LogP contribution < -0.4 is 10.6 Å². The van der Waals surface area contributed by atoms with Gasteiger partial charge >= 0.3 is 6.03 Å². The molecule has 3 rings (SSSR count). The molecule has 0 aliphatic carbocycles. The van der Waals surface area contributed by atoms with Gasteiger partial charge in [0.25, 0.3) is 5.91 Å². The summed E-state index contributed by atoms with van der Waals surface area (Å²) < 4.78 is 13.9. The number of carbonyl (C=O) groups excluding carboxylic acids is 2. The van der Waals surface area contributed by atoms with Crippen LogP contribution in [0.15, 0.2) is 29.6 Å². The third-order valence-electron chi connectivity index (χ3n) is 5.94. The zero-order valence-corrected chi connectivity index (χ0v) is 20.5. The molecule has 1 aliphatic heterocycles. The number of hydrogen-bond donors (Lipinski definition) is 2. The molecule has 1 atom stereocenters. The summed E-state index contributed by atoms with van der Waals surface area (Å²) in [6.45, 7) is 9.01. The van der Waals surface area contributed by atoms with Crippen LogP contribution in [0, 0.1) is 5.82 Å². The molecule has 1 aromatic carbocycles. The number of carbonyl (C=O) groups is 2. The Kier molecular flexibility index (Phi) is 9.20. The molecule has 0 spiro atoms. The molecule has 3 amide bonds. The number of urea groups is 1. The summed E-state index contributed by atoms with van der Waals surface area (Å²) in [4.78, 5) is 33.7. The molecule has 180 valence electrons. The van der Waals surface area contributed by atoms with E-state index in [1.165, 1.54) is 42.7 Å². The summed E-state index contributed by atoms with van der Waals surface area (Å²) >= 11 is 1.34. The second kappa shape index (κ2) is 12.1. The molecule has 2 N–H and O–H groups in total. The van der Waals surface area contributed by atoms with E-state index in [0.29, 0.717) is 23.3 Å². The number of thiazole rings is 1. The summed E-state index contributed by atoms with van der Waals surface area (Å²) in [5.74, 6) is -0.686. The minimum atomic E-state index is -0.488. The number of amides is 3. The quantitative estimate of drug-likeness (QED) is 0.515. The maximum absolute atomic E-state index is 13.9. The molecule has 9 heteroatoms. The molecule has 1 fully saturated rings. The molecule has 33 heavy (non-hydrogen) atoms. The molecule has 2 heterocycles. The summed E-state index contributed by atoms with van der Waals surface area (Å²) in [6.07, 6.45) is 4.72. The van der Waals surface area contributed by atoms with Gasteiger partial charge in [-0.15, -0.1) is 11.3 Å². The average molecular weight is 476 g/mol. The van der Waals surface area contributed by atoms with Gasteiger partial charge in [-0.25, -0.2) is 14.2 Å². The first-order chi connectivity index (χ1) is 15.8. The van der Waals surface area contributed by atoms with E-state index in [0.717, 1.165) is 19.5 Å². The maximum atomic E-state index is 13.9. The topological polar surface area (TPSA) is 77.6 Å². The third-order valence-corrected chi connectivity index (χ3v) is 6.77. The van der Waals surface area contributed by atoms with Gasteiger partial charge in [-0.2, -0.15) is 0 Å². The zero-order valence-electron chi connectivity index (χ0n) is 19.6. The number of rotatable bonds is 9. The Morgan fingerprint density at radius 1 is 1.30 bits per heavy atom. The minimum Gasteiger partial charge on any atom is -0.351 e. The standard InChI is InChI=1S/C24H34FN5O2S/c1-17(2)30(24(32)28-20-11-5-4-10-19(20)25)15-22-27-21(16-33-22)23(31)26-12-8-14-29-13-7-6-9-18(29)3/h4-5,10-11,16-18H,6-9,12-15H2,1-3H3,(H,26,31)(H,28,32). The first-order valence-electron chi connectivity index (χ1n) is 11.6. The van der Waals surface area contributed by atoms with Crippen molar-refractivity contribution in [2.45, 2.75) is 65.1 Å². The Morgan fingerprint density at radius 3 is 2.82 bits per heavy atom. The van der Waals surface area contributed by atoms with Gasteiger partial charge in [0.1, 0.15) is 16.5 Å². The lowest BCUT2D eigenvalue weighted by molar-refractivity contribution is 0.0944. The van der Waals surface area contributed by atoms with Crippen molar-refractivity contribution in [1.29, 1.82) is 0 Å². The van der Waals surface area contributed by atoms with Crippen molar-refractivity contribution in [1.82, 2.24) is 20.1 Å². The Bertz CT molecular complexity index is 935. The predicted octanol–water partition coefficient (Wildman–Crippen LogP) is 4.72. The van der Waals surface area contributed by atoms with Crippen LogP contribution in [-0.4, -0.2) is 58.4 Å². The Morgan fingerprint density at radius 2 is 2.09 bits per heavy atom. The second-order valence-electron chi connectivity index (χ2n) is 8.75. The van der Waals surface area contributed by atoms with E-state index >= 15 is 0 Å². The predicted molar refractivity (Wildman–Crippen MR) is 130 cm³/mol. The molecule has 0 saturated carbocycles. The number of halogens is 1. The fraction of sp³-hybridized carbons (Fsp3) is 0.542. The van der Waals surface area contributed by atoms with Crippen molar-refractivity contribution in [3.05, 3.63) is 46.2 Å².